The van der Waals surface area contributed by atoms with Crippen LogP contribution >= 0.6 is 0 Å². The van der Waals surface area contributed by atoms with E-state index in [0.717, 1.165) is 6.20 Å². The number of carbonyl (C=O) groups excluding carboxylic acids is 1. The van der Waals surface area contributed by atoms with Crippen molar-refractivity contribution in [3.63, 3.8) is 0 Å². The third-order valence-electron chi connectivity index (χ3n) is 1.50. The van der Waals surface area contributed by atoms with Gasteiger partial charge in [0.05, 0.1) is 6.20 Å². The average molecular weight is 186 g/mol. The zero-order valence-electron chi connectivity index (χ0n) is 7.19. The highest BCUT2D eigenvalue weighted by Gasteiger charge is 2.11. The molecule has 0 atom stereocenters. The third-order valence-corrected chi connectivity index (χ3v) is 1.50. The van der Waals surface area contributed by atoms with Crippen molar-refractivity contribution in [1.29, 1.82) is 0 Å². The van der Waals surface area contributed by atoms with Crippen molar-refractivity contribution in [1.82, 2.24) is 4.98 Å². The number of nitrogens with one attached hydrogen (secondary N) is 1. The Hall–Kier alpha value is -1.52. The number of pyridine rings is 1. The second kappa shape index (κ2) is 3.47. The smallest absolute Gasteiger partial charge is 0.222 e. The topological polar surface area (TPSA) is 42.0 Å². The average Bonchev–Trinajstić information content (AvgIpc) is 2.06. The van der Waals surface area contributed by atoms with E-state index in [1.165, 1.54) is 13.8 Å². The number of halogens is 2. The molecule has 0 radical (unpaired) electrons. The van der Waals surface area contributed by atoms with Crippen LogP contribution in [0.1, 0.15) is 12.5 Å². The summed E-state index contributed by atoms with van der Waals surface area (Å²) in [6.45, 7) is 2.50. The van der Waals surface area contributed by atoms with Gasteiger partial charge in [-0.15, -0.1) is 0 Å². The highest BCUT2D eigenvalue weighted by molar-refractivity contribution is 5.87. The predicted octanol–water partition coefficient (Wildman–Crippen LogP) is 1.63. The summed E-state index contributed by atoms with van der Waals surface area (Å²) in [7, 11) is 0. The number of hydrogen-bond acceptors (Lipinski definition) is 2. The number of carbonyl (C=O) groups is 1. The van der Waals surface area contributed by atoms with Crippen molar-refractivity contribution in [3.05, 3.63) is 23.4 Å². The second-order valence-electron chi connectivity index (χ2n) is 2.57. The molecule has 13 heavy (non-hydrogen) atoms. The molecule has 3 nitrogen and oxygen atoms in total. The van der Waals surface area contributed by atoms with Crippen molar-refractivity contribution in [2.75, 3.05) is 5.32 Å². The van der Waals surface area contributed by atoms with Gasteiger partial charge in [-0.05, 0) is 6.92 Å². The lowest BCUT2D eigenvalue weighted by molar-refractivity contribution is -0.114. The summed E-state index contributed by atoms with van der Waals surface area (Å²) in [5.74, 6) is -2.26. The number of aromatic nitrogens is 1. The van der Waals surface area contributed by atoms with Crippen LogP contribution in [0.2, 0.25) is 0 Å². The van der Waals surface area contributed by atoms with E-state index in [9.17, 15) is 13.6 Å². The van der Waals surface area contributed by atoms with E-state index in [1.807, 2.05) is 0 Å². The molecule has 0 aromatic carbocycles. The highest BCUT2D eigenvalue weighted by atomic mass is 19.1. The summed E-state index contributed by atoms with van der Waals surface area (Å²) in [5, 5.41) is 2.15. The first-order valence-corrected chi connectivity index (χ1v) is 3.60. The van der Waals surface area contributed by atoms with Gasteiger partial charge in [-0.1, -0.05) is 0 Å². The van der Waals surface area contributed by atoms with Gasteiger partial charge in [0.1, 0.15) is 5.82 Å². The van der Waals surface area contributed by atoms with Crippen molar-refractivity contribution < 1.29 is 13.6 Å². The first kappa shape index (κ1) is 9.57. The maximum atomic E-state index is 13.1. The lowest BCUT2D eigenvalue weighted by atomic mass is 10.2. The summed E-state index contributed by atoms with van der Waals surface area (Å²) in [4.78, 5) is 13.9. The van der Waals surface area contributed by atoms with Gasteiger partial charge in [-0.3, -0.25) is 4.79 Å². The molecule has 1 heterocycles. The van der Waals surface area contributed by atoms with Gasteiger partial charge in [-0.25, -0.2) is 13.8 Å². The Bertz CT molecular complexity index is 352. The summed E-state index contributed by atoms with van der Waals surface area (Å²) < 4.78 is 25.8. The Morgan fingerprint density at radius 3 is 2.69 bits per heavy atom. The van der Waals surface area contributed by atoms with Crippen LogP contribution in [0.3, 0.4) is 0 Å². The van der Waals surface area contributed by atoms with E-state index < -0.39 is 17.5 Å². The number of amides is 1. The van der Waals surface area contributed by atoms with Crippen LogP contribution < -0.4 is 5.32 Å². The molecule has 0 aliphatic heterocycles. The number of hydrogen-bond donors (Lipinski definition) is 1. The Kier molecular flexibility index (Phi) is 2.55. The molecule has 5 heteroatoms. The van der Waals surface area contributed by atoms with Crippen molar-refractivity contribution in [2.24, 2.45) is 0 Å². The second-order valence-corrected chi connectivity index (χ2v) is 2.57. The third kappa shape index (κ3) is 1.99. The molecule has 1 amide bonds. The first-order valence-electron chi connectivity index (χ1n) is 3.60. The lowest BCUT2D eigenvalue weighted by Crippen LogP contribution is -2.10. The fourth-order valence-corrected chi connectivity index (χ4v) is 0.811. The van der Waals surface area contributed by atoms with Gasteiger partial charge in [0.15, 0.2) is 11.6 Å². The minimum atomic E-state index is -0.838. The zero-order valence-corrected chi connectivity index (χ0v) is 7.19. The van der Waals surface area contributed by atoms with Crippen LogP contribution in [0.5, 0.6) is 0 Å². The molecular weight excluding hydrogens is 178 g/mol. The number of anilines is 1. The molecule has 0 saturated carbocycles. The fourth-order valence-electron chi connectivity index (χ4n) is 0.811. The largest absolute Gasteiger partial charge is 0.308 e. The Morgan fingerprint density at radius 1 is 1.54 bits per heavy atom. The molecule has 0 fully saturated rings. The normalized spacial score (nSPS) is 9.85. The van der Waals surface area contributed by atoms with Gasteiger partial charge in [0, 0.05) is 12.5 Å². The first-order chi connectivity index (χ1) is 6.02. The molecule has 1 N–H and O–H groups in total. The molecule has 0 bridgehead atoms. The molecule has 0 unspecified atom stereocenters. The van der Waals surface area contributed by atoms with Crippen molar-refractivity contribution in [2.45, 2.75) is 13.8 Å². The minimum Gasteiger partial charge on any atom is -0.308 e. The van der Waals surface area contributed by atoms with Crippen LogP contribution in [-0.2, 0) is 4.79 Å². The van der Waals surface area contributed by atoms with Crippen LogP contribution in [0.4, 0.5) is 14.6 Å². The Morgan fingerprint density at radius 2 is 2.15 bits per heavy atom. The SMILES string of the molecule is CC(=O)Nc1ncc(F)c(C)c1F. The van der Waals surface area contributed by atoms with E-state index in [1.54, 1.807) is 0 Å². The summed E-state index contributed by atoms with van der Waals surface area (Å²) in [6, 6.07) is 0. The fraction of sp³-hybridized carbons (Fsp3) is 0.250. The van der Waals surface area contributed by atoms with E-state index in [0.29, 0.717) is 0 Å². The van der Waals surface area contributed by atoms with Crippen LogP contribution in [-0.4, -0.2) is 10.9 Å². The molecule has 0 spiro atoms. The molecule has 70 valence electrons. The van der Waals surface area contributed by atoms with E-state index in [2.05, 4.69) is 10.3 Å². The van der Waals surface area contributed by atoms with Gasteiger partial charge in [0.25, 0.3) is 0 Å². The minimum absolute atomic E-state index is 0.154. The van der Waals surface area contributed by atoms with Gasteiger partial charge in [-0.2, -0.15) is 0 Å². The highest BCUT2D eigenvalue weighted by Crippen LogP contribution is 2.16. The molecule has 0 aliphatic carbocycles. The zero-order chi connectivity index (χ0) is 10.0. The van der Waals surface area contributed by atoms with Gasteiger partial charge in [0.2, 0.25) is 5.91 Å². The van der Waals surface area contributed by atoms with E-state index >= 15 is 0 Å². The van der Waals surface area contributed by atoms with Crippen LogP contribution in [0.15, 0.2) is 6.20 Å². The predicted molar refractivity (Wildman–Crippen MR) is 43.2 cm³/mol. The molecule has 1 aromatic heterocycles. The summed E-state index contributed by atoms with van der Waals surface area (Å²) in [6.07, 6.45) is 0.865. The maximum Gasteiger partial charge on any atom is 0.222 e. The van der Waals surface area contributed by atoms with E-state index in [4.69, 9.17) is 0 Å². The van der Waals surface area contributed by atoms with Gasteiger partial charge >= 0.3 is 0 Å². The lowest BCUT2D eigenvalue weighted by Gasteiger charge is -2.04. The standard InChI is InChI=1S/C8H8F2N2O/c1-4-6(9)3-11-8(7(4)10)12-5(2)13/h3H,1-2H3,(H,11,12,13). The number of rotatable bonds is 1. The van der Waals surface area contributed by atoms with Crippen molar-refractivity contribution in [3.8, 4) is 0 Å². The maximum absolute atomic E-state index is 13.1. The number of nitrogens with zero attached hydrogens (tertiary/aromatic N) is 1. The quantitative estimate of drug-likeness (QED) is 0.724. The monoisotopic (exact) mass is 186 g/mol. The van der Waals surface area contributed by atoms with Crippen LogP contribution in [0, 0.1) is 18.6 Å². The summed E-state index contributed by atoms with van der Waals surface area (Å²) >= 11 is 0. The van der Waals surface area contributed by atoms with Crippen molar-refractivity contribution >= 4 is 11.7 Å². The molecular formula is C8H8F2N2O. The Balaban J connectivity index is 3.10. The van der Waals surface area contributed by atoms with Gasteiger partial charge < -0.3 is 5.32 Å². The molecule has 1 rings (SSSR count). The van der Waals surface area contributed by atoms with E-state index in [-0.39, 0.29) is 11.4 Å². The summed E-state index contributed by atoms with van der Waals surface area (Å²) in [5.41, 5.74) is -0.154. The molecule has 0 saturated heterocycles. The van der Waals surface area contributed by atoms with Crippen LogP contribution in [0.25, 0.3) is 0 Å². The molecule has 1 aromatic rings. The molecule has 0 aliphatic rings. The Labute approximate surface area is 73.8 Å².